The normalized spacial score (nSPS) is 26.0. The Hall–Kier alpha value is -3.67. The average Bonchev–Trinajstić information content (AvgIpc) is 3.78. The molecule has 218 valence electrons. The molecule has 2 aliphatic carbocycles. The number of hydrogen-bond acceptors (Lipinski definition) is 11. The number of fused-ring (bicyclic) bond motifs is 4. The van der Waals surface area contributed by atoms with E-state index in [4.69, 9.17) is 25.0 Å². The summed E-state index contributed by atoms with van der Waals surface area (Å²) >= 11 is 1.54. The molecule has 10 nitrogen and oxygen atoms in total. The molecule has 2 fully saturated rings. The number of likely N-dealkylation sites (tertiary alicyclic amines) is 1. The van der Waals surface area contributed by atoms with E-state index < -0.39 is 5.41 Å². The Bertz CT molecular complexity index is 1600. The number of nitrogens with zero attached hydrogens (tertiary/aromatic N) is 7. The van der Waals surface area contributed by atoms with Gasteiger partial charge in [0.15, 0.2) is 17.3 Å². The van der Waals surface area contributed by atoms with Crippen LogP contribution in [-0.2, 0) is 18.3 Å². The number of ether oxygens (including phenoxy) is 1. The first kappa shape index (κ1) is 27.2. The molecule has 4 aliphatic rings. The first-order valence-electron chi connectivity index (χ1n) is 15.1. The number of rotatable bonds is 5. The second-order valence-corrected chi connectivity index (χ2v) is 13.5. The Morgan fingerprint density at radius 1 is 1.17 bits per heavy atom. The van der Waals surface area contributed by atoms with Crippen LogP contribution in [0.4, 0.5) is 10.8 Å². The summed E-state index contributed by atoms with van der Waals surface area (Å²) in [7, 11) is 2.15. The van der Waals surface area contributed by atoms with Crippen LogP contribution in [0.1, 0.15) is 79.2 Å². The smallest absolute Gasteiger partial charge is 0.219 e. The third-order valence-electron chi connectivity index (χ3n) is 9.88. The number of nitrogens with two attached hydrogens (primary N) is 1. The van der Waals surface area contributed by atoms with Crippen LogP contribution in [0.25, 0.3) is 11.5 Å². The van der Waals surface area contributed by atoms with Crippen molar-refractivity contribution in [3.63, 3.8) is 0 Å². The average molecular weight is 585 g/mol. The fraction of sp³-hybridized carbons (Fsp3) is 0.581. The van der Waals surface area contributed by atoms with Crippen molar-refractivity contribution in [1.29, 1.82) is 10.5 Å². The fourth-order valence-corrected chi connectivity index (χ4v) is 8.99. The maximum absolute atomic E-state index is 10.0. The molecule has 2 aliphatic heterocycles. The van der Waals surface area contributed by atoms with E-state index in [1.54, 1.807) is 11.3 Å². The minimum absolute atomic E-state index is 0.0219. The van der Waals surface area contributed by atoms with Crippen molar-refractivity contribution in [1.82, 2.24) is 20.0 Å². The lowest BCUT2D eigenvalue weighted by Gasteiger charge is -2.39. The van der Waals surface area contributed by atoms with Gasteiger partial charge >= 0.3 is 0 Å². The second kappa shape index (κ2) is 10.6. The van der Waals surface area contributed by atoms with Gasteiger partial charge < -0.3 is 19.9 Å². The van der Waals surface area contributed by atoms with Gasteiger partial charge in [-0.1, -0.05) is 5.16 Å². The van der Waals surface area contributed by atoms with Crippen LogP contribution in [0.2, 0.25) is 0 Å². The quantitative estimate of drug-likeness (QED) is 0.444. The van der Waals surface area contributed by atoms with Crippen molar-refractivity contribution in [3.05, 3.63) is 33.4 Å². The summed E-state index contributed by atoms with van der Waals surface area (Å²) in [6, 6.07) is 7.03. The van der Waals surface area contributed by atoms with E-state index in [1.165, 1.54) is 4.88 Å². The predicted octanol–water partition coefficient (Wildman–Crippen LogP) is 4.82. The molecular weight excluding hydrogens is 548 g/mol. The zero-order chi connectivity index (χ0) is 29.0. The predicted molar refractivity (Wildman–Crippen MR) is 159 cm³/mol. The molecule has 5 heterocycles. The van der Waals surface area contributed by atoms with Crippen molar-refractivity contribution in [2.24, 2.45) is 5.92 Å². The first-order chi connectivity index (χ1) is 20.4. The minimum Gasteiger partial charge on any atom is -0.473 e. The lowest BCUT2D eigenvalue weighted by molar-refractivity contribution is 0.117. The summed E-state index contributed by atoms with van der Waals surface area (Å²) in [5.41, 5.74) is 9.24. The van der Waals surface area contributed by atoms with Crippen molar-refractivity contribution in [3.8, 4) is 29.5 Å². The van der Waals surface area contributed by atoms with Gasteiger partial charge in [-0.3, -0.25) is 4.90 Å². The lowest BCUT2D eigenvalue weighted by Crippen LogP contribution is -2.38. The highest BCUT2D eigenvalue weighted by Gasteiger charge is 2.49. The van der Waals surface area contributed by atoms with Crippen molar-refractivity contribution in [2.45, 2.75) is 82.3 Å². The standard InChI is InChI=1S/C31H36N8O2S/c1-18(22-7-5-12-38(22)2)40-25-14-24(39-13-9-19(15-32)17-39)35-30(36-25)27-20-6-3-10-31(28(20)41-37-27)11-4-8-23-26(31)21(16-33)29(34)42-23/h14,18-19,22H,3-13,17,34H2,1-2H3/t18-,19?,22-,31-/m0/s1. The second-order valence-electron chi connectivity index (χ2n) is 12.3. The van der Waals surface area contributed by atoms with Gasteiger partial charge in [0.1, 0.15) is 23.0 Å². The van der Waals surface area contributed by atoms with Gasteiger partial charge in [-0.25, -0.2) is 4.98 Å². The molecule has 0 saturated carbocycles. The number of likely N-dealkylation sites (N-methyl/N-ethyl adjacent to an activating group) is 1. The molecule has 4 atom stereocenters. The highest BCUT2D eigenvalue weighted by atomic mass is 32.1. The highest BCUT2D eigenvalue weighted by molar-refractivity contribution is 7.16. The lowest BCUT2D eigenvalue weighted by atomic mass is 9.63. The monoisotopic (exact) mass is 584 g/mol. The molecule has 3 aromatic heterocycles. The van der Waals surface area contributed by atoms with Gasteiger partial charge in [0, 0.05) is 35.6 Å². The molecule has 3 aromatic rings. The Morgan fingerprint density at radius 3 is 2.74 bits per heavy atom. The third kappa shape index (κ3) is 4.33. The van der Waals surface area contributed by atoms with Crippen LogP contribution in [0, 0.1) is 28.6 Å². The van der Waals surface area contributed by atoms with Crippen molar-refractivity contribution in [2.75, 3.05) is 37.3 Å². The van der Waals surface area contributed by atoms with E-state index >= 15 is 0 Å². The van der Waals surface area contributed by atoms with Gasteiger partial charge in [0.25, 0.3) is 0 Å². The van der Waals surface area contributed by atoms with E-state index in [0.717, 1.165) is 93.6 Å². The first-order valence-corrected chi connectivity index (χ1v) is 15.9. The molecule has 2 N–H and O–H groups in total. The van der Waals surface area contributed by atoms with Crippen LogP contribution >= 0.6 is 11.3 Å². The van der Waals surface area contributed by atoms with Crippen LogP contribution in [0.5, 0.6) is 5.88 Å². The molecule has 0 bridgehead atoms. The van der Waals surface area contributed by atoms with Gasteiger partial charge in [-0.2, -0.15) is 15.5 Å². The Balaban J connectivity index is 1.31. The largest absolute Gasteiger partial charge is 0.473 e. The molecule has 0 radical (unpaired) electrons. The van der Waals surface area contributed by atoms with Gasteiger partial charge in [-0.15, -0.1) is 11.3 Å². The van der Waals surface area contributed by atoms with Gasteiger partial charge in [-0.05, 0) is 83.9 Å². The van der Waals surface area contributed by atoms with Crippen molar-refractivity contribution >= 4 is 22.2 Å². The number of nitrogen functional groups attached to an aromatic ring is 1. The molecule has 7 rings (SSSR count). The maximum atomic E-state index is 10.0. The van der Waals surface area contributed by atoms with E-state index in [2.05, 4.69) is 41.1 Å². The number of hydrogen-bond donors (Lipinski definition) is 1. The zero-order valence-corrected chi connectivity index (χ0v) is 25.0. The van der Waals surface area contributed by atoms with E-state index in [0.29, 0.717) is 40.5 Å². The summed E-state index contributed by atoms with van der Waals surface area (Å²) in [4.78, 5) is 15.6. The third-order valence-corrected chi connectivity index (χ3v) is 11.0. The number of anilines is 2. The maximum Gasteiger partial charge on any atom is 0.219 e. The fourth-order valence-electron chi connectivity index (χ4n) is 7.83. The molecular formula is C31H36N8O2S. The molecule has 11 heteroatoms. The van der Waals surface area contributed by atoms with E-state index in [-0.39, 0.29) is 12.0 Å². The van der Waals surface area contributed by atoms with E-state index in [1.807, 2.05) is 6.07 Å². The summed E-state index contributed by atoms with van der Waals surface area (Å²) in [5, 5.41) is 24.8. The molecule has 0 aromatic carbocycles. The molecule has 1 unspecified atom stereocenters. The molecule has 42 heavy (non-hydrogen) atoms. The zero-order valence-electron chi connectivity index (χ0n) is 24.2. The number of nitriles is 2. The molecule has 1 spiro atoms. The van der Waals surface area contributed by atoms with Gasteiger partial charge in [0.2, 0.25) is 5.88 Å². The van der Waals surface area contributed by atoms with Crippen LogP contribution in [0.15, 0.2) is 10.6 Å². The van der Waals surface area contributed by atoms with Crippen molar-refractivity contribution < 1.29 is 9.26 Å². The van der Waals surface area contributed by atoms with E-state index in [9.17, 15) is 10.5 Å². The number of thiophene rings is 1. The Morgan fingerprint density at radius 2 is 2.00 bits per heavy atom. The van der Waals surface area contributed by atoms with Gasteiger partial charge in [0.05, 0.1) is 23.0 Å². The topological polar surface area (TPSA) is 141 Å². The summed E-state index contributed by atoms with van der Waals surface area (Å²) in [5.74, 6) is 2.56. The highest BCUT2D eigenvalue weighted by Crippen LogP contribution is 2.55. The summed E-state index contributed by atoms with van der Waals surface area (Å²) in [6.07, 6.45) is 8.53. The number of aryl methyl sites for hydroxylation is 1. The Kier molecular flexibility index (Phi) is 6.83. The summed E-state index contributed by atoms with van der Waals surface area (Å²) < 4.78 is 12.7. The SMILES string of the molecule is C[C@H](Oc1cc(N2CCC(C#N)C2)nc(-c2noc3c2CCC[C@@]32CCCc3sc(N)c(C#N)c32)n1)[C@@H]1CCCN1C. The Labute approximate surface area is 250 Å². The van der Waals surface area contributed by atoms with Crippen LogP contribution in [-0.4, -0.2) is 58.9 Å². The van der Waals surface area contributed by atoms with Crippen LogP contribution < -0.4 is 15.4 Å². The molecule has 2 saturated heterocycles. The summed E-state index contributed by atoms with van der Waals surface area (Å²) in [6.45, 7) is 4.57. The van der Waals surface area contributed by atoms with Crippen LogP contribution in [0.3, 0.4) is 0 Å². The number of aromatic nitrogens is 3. The molecule has 0 amide bonds. The minimum atomic E-state index is -0.404.